The number of amides is 2. The maximum absolute atomic E-state index is 11.9. The fourth-order valence-electron chi connectivity index (χ4n) is 2.97. The van der Waals surface area contributed by atoms with E-state index in [0.717, 1.165) is 5.56 Å². The van der Waals surface area contributed by atoms with E-state index < -0.39 is 5.97 Å². The number of carbonyl (C=O) groups is 3. The first-order valence-corrected chi connectivity index (χ1v) is 8.44. The lowest BCUT2D eigenvalue weighted by Crippen LogP contribution is -2.44. The average Bonchev–Trinajstić information content (AvgIpc) is 2.62. The Morgan fingerprint density at radius 1 is 1.12 bits per heavy atom. The van der Waals surface area contributed by atoms with Crippen LogP contribution in [0.5, 0.6) is 0 Å². The van der Waals surface area contributed by atoms with Crippen LogP contribution in [-0.2, 0) is 16.0 Å². The Balaban J connectivity index is 1.67. The number of hydrogen-bond acceptors (Lipinski definition) is 4. The average molecular weight is 348 g/mol. The summed E-state index contributed by atoms with van der Waals surface area (Å²) in [5.41, 5.74) is 1.50. The molecule has 0 spiro atoms. The van der Waals surface area contributed by atoms with Crippen molar-refractivity contribution in [2.24, 2.45) is 5.92 Å². The van der Waals surface area contributed by atoms with Crippen molar-refractivity contribution in [1.29, 1.82) is 0 Å². The predicted molar refractivity (Wildman–Crippen MR) is 91.4 cm³/mol. The van der Waals surface area contributed by atoms with Crippen LogP contribution in [0.15, 0.2) is 24.3 Å². The number of urea groups is 1. The Hall–Kier alpha value is -2.57. The summed E-state index contributed by atoms with van der Waals surface area (Å²) in [4.78, 5) is 34.2. The molecule has 7 nitrogen and oxygen atoms in total. The molecule has 0 saturated heterocycles. The van der Waals surface area contributed by atoms with Gasteiger partial charge >= 0.3 is 18.0 Å². The van der Waals surface area contributed by atoms with Gasteiger partial charge in [0.05, 0.1) is 18.6 Å². The van der Waals surface area contributed by atoms with Crippen molar-refractivity contribution in [2.75, 3.05) is 13.7 Å². The second-order valence-corrected chi connectivity index (χ2v) is 6.23. The molecule has 136 valence electrons. The molecule has 0 bridgehead atoms. The fraction of sp³-hybridized carbons (Fsp3) is 0.500. The standard InChI is InChI=1S/C18H24N2O5/c1-25-17(23)14-4-2-12(3-5-14)10-11-19-18(24)20-15-8-6-13(7-9-15)16(21)22/h2-5,13,15H,6-11H2,1H3,(H,21,22)(H2,19,20,24). The van der Waals surface area contributed by atoms with Crippen LogP contribution in [0.1, 0.15) is 41.6 Å². The molecule has 0 aliphatic heterocycles. The highest BCUT2D eigenvalue weighted by molar-refractivity contribution is 5.89. The van der Waals surface area contributed by atoms with Crippen molar-refractivity contribution in [3.63, 3.8) is 0 Å². The zero-order valence-electron chi connectivity index (χ0n) is 14.3. The van der Waals surface area contributed by atoms with Crippen molar-refractivity contribution in [3.05, 3.63) is 35.4 Å². The van der Waals surface area contributed by atoms with Crippen LogP contribution < -0.4 is 10.6 Å². The summed E-state index contributed by atoms with van der Waals surface area (Å²) >= 11 is 0. The zero-order valence-corrected chi connectivity index (χ0v) is 14.3. The number of hydrogen-bond donors (Lipinski definition) is 3. The summed E-state index contributed by atoms with van der Waals surface area (Å²) < 4.78 is 4.64. The summed E-state index contributed by atoms with van der Waals surface area (Å²) in [5, 5.41) is 14.7. The van der Waals surface area contributed by atoms with Crippen LogP contribution >= 0.6 is 0 Å². The highest BCUT2D eigenvalue weighted by Gasteiger charge is 2.26. The van der Waals surface area contributed by atoms with Gasteiger partial charge in [0.15, 0.2) is 0 Å². The van der Waals surface area contributed by atoms with E-state index in [-0.39, 0.29) is 24.0 Å². The molecule has 7 heteroatoms. The molecule has 0 atom stereocenters. The molecule has 0 aromatic heterocycles. The number of benzene rings is 1. The van der Waals surface area contributed by atoms with Crippen LogP contribution in [0.25, 0.3) is 0 Å². The maximum atomic E-state index is 11.9. The zero-order chi connectivity index (χ0) is 18.2. The van der Waals surface area contributed by atoms with Crippen molar-refractivity contribution >= 4 is 18.0 Å². The van der Waals surface area contributed by atoms with Gasteiger partial charge in [0, 0.05) is 12.6 Å². The summed E-state index contributed by atoms with van der Waals surface area (Å²) in [7, 11) is 1.34. The van der Waals surface area contributed by atoms with Gasteiger partial charge in [-0.15, -0.1) is 0 Å². The molecular weight excluding hydrogens is 324 g/mol. The topological polar surface area (TPSA) is 105 Å². The number of carbonyl (C=O) groups excluding carboxylic acids is 2. The number of rotatable bonds is 6. The lowest BCUT2D eigenvalue weighted by molar-refractivity contribution is -0.142. The Bertz CT molecular complexity index is 606. The number of aliphatic carboxylic acids is 1. The van der Waals surface area contributed by atoms with Gasteiger partial charge in [0.1, 0.15) is 0 Å². The molecule has 25 heavy (non-hydrogen) atoms. The first kappa shape index (κ1) is 18.8. The van der Waals surface area contributed by atoms with E-state index in [2.05, 4.69) is 15.4 Å². The fourth-order valence-corrected chi connectivity index (χ4v) is 2.97. The van der Waals surface area contributed by atoms with E-state index in [9.17, 15) is 14.4 Å². The molecule has 3 N–H and O–H groups in total. The molecule has 1 aliphatic carbocycles. The maximum Gasteiger partial charge on any atom is 0.337 e. The highest BCUT2D eigenvalue weighted by Crippen LogP contribution is 2.24. The summed E-state index contributed by atoms with van der Waals surface area (Å²) in [6.07, 6.45) is 3.25. The van der Waals surface area contributed by atoms with Crippen LogP contribution in [0.4, 0.5) is 4.79 Å². The van der Waals surface area contributed by atoms with E-state index >= 15 is 0 Å². The molecule has 1 aromatic rings. The molecule has 0 unspecified atom stereocenters. The van der Waals surface area contributed by atoms with E-state index in [0.29, 0.717) is 44.2 Å². The van der Waals surface area contributed by atoms with Gasteiger partial charge in [-0.1, -0.05) is 12.1 Å². The van der Waals surface area contributed by atoms with E-state index in [1.807, 2.05) is 12.1 Å². The molecule has 1 fully saturated rings. The number of ether oxygens (including phenoxy) is 1. The third-order valence-electron chi connectivity index (χ3n) is 4.49. The Morgan fingerprint density at radius 3 is 2.32 bits per heavy atom. The predicted octanol–water partition coefficient (Wildman–Crippen LogP) is 1.96. The van der Waals surface area contributed by atoms with Crippen molar-refractivity contribution < 1.29 is 24.2 Å². The van der Waals surface area contributed by atoms with Crippen LogP contribution in [0.2, 0.25) is 0 Å². The minimum absolute atomic E-state index is 0.0370. The minimum atomic E-state index is -0.749. The Morgan fingerprint density at radius 2 is 1.76 bits per heavy atom. The number of carboxylic acid groups (broad SMARTS) is 1. The van der Waals surface area contributed by atoms with Crippen molar-refractivity contribution in [1.82, 2.24) is 10.6 Å². The Labute approximate surface area is 146 Å². The quantitative estimate of drug-likeness (QED) is 0.682. The van der Waals surface area contributed by atoms with Gasteiger partial charge in [-0.05, 0) is 49.8 Å². The van der Waals surface area contributed by atoms with Crippen molar-refractivity contribution in [2.45, 2.75) is 38.1 Å². The van der Waals surface area contributed by atoms with E-state index in [1.165, 1.54) is 7.11 Å². The third kappa shape index (κ3) is 5.77. The molecule has 0 heterocycles. The Kier molecular flexibility index (Phi) is 6.80. The van der Waals surface area contributed by atoms with Gasteiger partial charge in [-0.2, -0.15) is 0 Å². The second-order valence-electron chi connectivity index (χ2n) is 6.23. The van der Waals surface area contributed by atoms with E-state index in [1.54, 1.807) is 12.1 Å². The molecule has 1 aromatic carbocycles. The molecule has 1 aliphatic rings. The van der Waals surface area contributed by atoms with Gasteiger partial charge in [0.2, 0.25) is 0 Å². The van der Waals surface area contributed by atoms with Gasteiger partial charge in [0.25, 0.3) is 0 Å². The summed E-state index contributed by atoms with van der Waals surface area (Å²) in [6, 6.07) is 6.86. The minimum Gasteiger partial charge on any atom is -0.481 e. The van der Waals surface area contributed by atoms with Crippen LogP contribution in [-0.4, -0.2) is 42.8 Å². The lowest BCUT2D eigenvalue weighted by Gasteiger charge is -2.26. The van der Waals surface area contributed by atoms with Crippen LogP contribution in [0.3, 0.4) is 0 Å². The van der Waals surface area contributed by atoms with E-state index in [4.69, 9.17) is 5.11 Å². The van der Waals surface area contributed by atoms with Crippen molar-refractivity contribution in [3.8, 4) is 0 Å². The SMILES string of the molecule is COC(=O)c1ccc(CCNC(=O)NC2CCC(C(=O)O)CC2)cc1. The molecule has 2 rings (SSSR count). The normalized spacial score (nSPS) is 19.7. The first-order chi connectivity index (χ1) is 12.0. The number of esters is 1. The number of carboxylic acids is 1. The molecule has 0 radical (unpaired) electrons. The molecule has 1 saturated carbocycles. The van der Waals surface area contributed by atoms with Gasteiger partial charge in [-0.3, -0.25) is 4.79 Å². The molecule has 2 amide bonds. The lowest BCUT2D eigenvalue weighted by atomic mass is 9.86. The van der Waals surface area contributed by atoms with Gasteiger partial charge < -0.3 is 20.5 Å². The summed E-state index contributed by atoms with van der Waals surface area (Å²) in [5.74, 6) is -1.41. The van der Waals surface area contributed by atoms with Gasteiger partial charge in [-0.25, -0.2) is 9.59 Å². The van der Waals surface area contributed by atoms with Crippen LogP contribution in [0, 0.1) is 5.92 Å². The first-order valence-electron chi connectivity index (χ1n) is 8.44. The second kappa shape index (κ2) is 9.05. The third-order valence-corrected chi connectivity index (χ3v) is 4.49. The largest absolute Gasteiger partial charge is 0.481 e. The number of methoxy groups -OCH3 is 1. The molecular formula is C18H24N2O5. The number of nitrogens with one attached hydrogen (secondary N) is 2. The summed E-state index contributed by atoms with van der Waals surface area (Å²) in [6.45, 7) is 0.480. The monoisotopic (exact) mass is 348 g/mol. The highest BCUT2D eigenvalue weighted by atomic mass is 16.5. The smallest absolute Gasteiger partial charge is 0.337 e.